The molecular formula is C20H19ClN2O5. The zero-order chi connectivity index (χ0) is 19.7. The summed E-state index contributed by atoms with van der Waals surface area (Å²) in [5.41, 5.74) is 5.99. The van der Waals surface area contributed by atoms with Crippen LogP contribution in [0.3, 0.4) is 0 Å². The van der Waals surface area contributed by atoms with Crippen molar-refractivity contribution in [2.45, 2.75) is 31.5 Å². The van der Waals surface area contributed by atoms with E-state index in [0.717, 1.165) is 25.7 Å². The van der Waals surface area contributed by atoms with Gasteiger partial charge in [-0.2, -0.15) is 0 Å². The molecule has 2 aliphatic rings. The maximum absolute atomic E-state index is 12.2. The topological polar surface area (TPSA) is 99.9 Å². The molecule has 1 spiro atoms. The monoisotopic (exact) mass is 402 g/mol. The summed E-state index contributed by atoms with van der Waals surface area (Å²) in [5, 5.41) is 3.09. The summed E-state index contributed by atoms with van der Waals surface area (Å²) in [4.78, 5) is 23.7. The van der Waals surface area contributed by atoms with Crippen LogP contribution >= 0.6 is 11.6 Å². The molecule has 2 amide bonds. The van der Waals surface area contributed by atoms with Crippen LogP contribution in [-0.2, 0) is 4.79 Å². The SMILES string of the molecule is NC(=O)c1cc(Cl)ccc1OCC(=O)Nc1ccc2c(c1)OC1(CCCC1)O2. The first-order valence-electron chi connectivity index (χ1n) is 8.98. The summed E-state index contributed by atoms with van der Waals surface area (Å²) in [6.07, 6.45) is 3.88. The largest absolute Gasteiger partial charge is 0.483 e. The number of halogens is 1. The Labute approximate surface area is 166 Å². The number of nitrogens with one attached hydrogen (secondary N) is 1. The first kappa shape index (κ1) is 18.4. The molecule has 0 radical (unpaired) electrons. The maximum Gasteiger partial charge on any atom is 0.262 e. The summed E-state index contributed by atoms with van der Waals surface area (Å²) in [6.45, 7) is -0.291. The van der Waals surface area contributed by atoms with E-state index in [0.29, 0.717) is 22.2 Å². The van der Waals surface area contributed by atoms with Gasteiger partial charge in [0, 0.05) is 29.6 Å². The minimum Gasteiger partial charge on any atom is -0.483 e. The fourth-order valence-corrected chi connectivity index (χ4v) is 3.62. The highest BCUT2D eigenvalue weighted by Gasteiger charge is 2.44. The van der Waals surface area contributed by atoms with E-state index in [-0.39, 0.29) is 23.8 Å². The Morgan fingerprint density at radius 1 is 1.11 bits per heavy atom. The third-order valence-electron chi connectivity index (χ3n) is 4.75. The van der Waals surface area contributed by atoms with Crippen molar-refractivity contribution in [3.8, 4) is 17.2 Å². The molecule has 8 heteroatoms. The van der Waals surface area contributed by atoms with Crippen molar-refractivity contribution >= 4 is 29.1 Å². The molecule has 1 heterocycles. The molecule has 4 rings (SSSR count). The Morgan fingerprint density at radius 2 is 1.86 bits per heavy atom. The van der Waals surface area contributed by atoms with Crippen LogP contribution in [0, 0.1) is 0 Å². The Balaban J connectivity index is 1.39. The van der Waals surface area contributed by atoms with Crippen molar-refractivity contribution in [1.29, 1.82) is 0 Å². The Bertz CT molecular complexity index is 940. The first-order chi connectivity index (χ1) is 13.4. The fourth-order valence-electron chi connectivity index (χ4n) is 3.45. The molecule has 0 unspecified atom stereocenters. The molecular weight excluding hydrogens is 384 g/mol. The fraction of sp³-hybridized carbons (Fsp3) is 0.300. The van der Waals surface area contributed by atoms with Crippen molar-refractivity contribution < 1.29 is 23.8 Å². The number of fused-ring (bicyclic) bond motifs is 1. The predicted octanol–water partition coefficient (Wildman–Crippen LogP) is 3.50. The van der Waals surface area contributed by atoms with Crippen LogP contribution in [0.1, 0.15) is 36.0 Å². The summed E-state index contributed by atoms with van der Waals surface area (Å²) in [5.74, 6) is -0.124. The van der Waals surface area contributed by atoms with Gasteiger partial charge in [0.15, 0.2) is 18.1 Å². The maximum atomic E-state index is 12.2. The number of carbonyl (C=O) groups is 2. The normalized spacial score (nSPS) is 16.2. The van der Waals surface area contributed by atoms with Crippen molar-refractivity contribution in [3.63, 3.8) is 0 Å². The molecule has 146 valence electrons. The van der Waals surface area contributed by atoms with Crippen molar-refractivity contribution in [2.75, 3.05) is 11.9 Å². The highest BCUT2D eigenvalue weighted by molar-refractivity contribution is 6.31. The van der Waals surface area contributed by atoms with Crippen molar-refractivity contribution in [1.82, 2.24) is 0 Å². The number of hydrogen-bond donors (Lipinski definition) is 2. The summed E-state index contributed by atoms with van der Waals surface area (Å²) < 4.78 is 17.4. The van der Waals surface area contributed by atoms with E-state index in [2.05, 4.69) is 5.32 Å². The van der Waals surface area contributed by atoms with Crippen LogP contribution in [0.25, 0.3) is 0 Å². The third-order valence-corrected chi connectivity index (χ3v) is 4.99. The van der Waals surface area contributed by atoms with Gasteiger partial charge in [-0.25, -0.2) is 0 Å². The second-order valence-electron chi connectivity index (χ2n) is 6.83. The van der Waals surface area contributed by atoms with E-state index in [1.165, 1.54) is 12.1 Å². The lowest BCUT2D eigenvalue weighted by Crippen LogP contribution is -2.34. The summed E-state index contributed by atoms with van der Waals surface area (Å²) >= 11 is 5.86. The quantitative estimate of drug-likeness (QED) is 0.797. The van der Waals surface area contributed by atoms with E-state index < -0.39 is 11.7 Å². The van der Waals surface area contributed by atoms with Crippen LogP contribution < -0.4 is 25.3 Å². The number of nitrogens with two attached hydrogens (primary N) is 1. The van der Waals surface area contributed by atoms with Crippen LogP contribution in [0.4, 0.5) is 5.69 Å². The number of primary amides is 1. The summed E-state index contributed by atoms with van der Waals surface area (Å²) in [7, 11) is 0. The lowest BCUT2D eigenvalue weighted by atomic mass is 10.2. The van der Waals surface area contributed by atoms with Gasteiger partial charge in [0.2, 0.25) is 0 Å². The second-order valence-corrected chi connectivity index (χ2v) is 7.26. The van der Waals surface area contributed by atoms with Gasteiger partial charge in [-0.15, -0.1) is 0 Å². The van der Waals surface area contributed by atoms with Gasteiger partial charge in [0.1, 0.15) is 5.75 Å². The molecule has 0 aromatic heterocycles. The van der Waals surface area contributed by atoms with Crippen LogP contribution in [-0.4, -0.2) is 24.2 Å². The van der Waals surface area contributed by atoms with Crippen LogP contribution in [0.15, 0.2) is 36.4 Å². The Morgan fingerprint density at radius 3 is 2.61 bits per heavy atom. The van der Waals surface area contributed by atoms with E-state index in [4.69, 9.17) is 31.5 Å². The highest BCUT2D eigenvalue weighted by Crippen LogP contribution is 2.47. The third kappa shape index (κ3) is 3.71. The first-order valence-corrected chi connectivity index (χ1v) is 9.36. The lowest BCUT2D eigenvalue weighted by molar-refractivity contribution is -0.118. The number of ether oxygens (including phenoxy) is 3. The number of rotatable bonds is 5. The molecule has 1 aliphatic carbocycles. The van der Waals surface area contributed by atoms with Gasteiger partial charge in [-0.1, -0.05) is 11.6 Å². The number of benzene rings is 2. The smallest absolute Gasteiger partial charge is 0.262 e. The Hall–Kier alpha value is -2.93. The average molecular weight is 403 g/mol. The molecule has 1 saturated carbocycles. The number of anilines is 1. The zero-order valence-corrected chi connectivity index (χ0v) is 15.8. The van der Waals surface area contributed by atoms with Crippen molar-refractivity contribution in [3.05, 3.63) is 47.0 Å². The minimum atomic E-state index is -0.686. The van der Waals surface area contributed by atoms with Crippen LogP contribution in [0.5, 0.6) is 17.2 Å². The van der Waals surface area contributed by atoms with E-state index in [9.17, 15) is 9.59 Å². The van der Waals surface area contributed by atoms with Crippen molar-refractivity contribution in [2.24, 2.45) is 5.73 Å². The van der Waals surface area contributed by atoms with Gasteiger partial charge < -0.3 is 25.3 Å². The second kappa shape index (κ2) is 7.24. The van der Waals surface area contributed by atoms with Crippen LogP contribution in [0.2, 0.25) is 5.02 Å². The molecule has 1 fully saturated rings. The number of hydrogen-bond acceptors (Lipinski definition) is 5. The lowest BCUT2D eigenvalue weighted by Gasteiger charge is -2.21. The average Bonchev–Trinajstić information content (AvgIpc) is 3.26. The zero-order valence-electron chi connectivity index (χ0n) is 15.0. The molecule has 1 aliphatic heterocycles. The Kier molecular flexibility index (Phi) is 4.77. The molecule has 0 atom stereocenters. The standard InChI is InChI=1S/C20H19ClN2O5/c21-12-3-5-15(14(9-12)19(22)25)26-11-18(24)23-13-4-6-16-17(10-13)28-20(27-16)7-1-2-8-20/h3-6,9-10H,1-2,7-8,11H2,(H2,22,25)(H,23,24). The molecule has 2 aromatic carbocycles. The highest BCUT2D eigenvalue weighted by atomic mass is 35.5. The van der Waals surface area contributed by atoms with Gasteiger partial charge in [-0.05, 0) is 43.2 Å². The number of amides is 2. The minimum absolute atomic E-state index is 0.116. The van der Waals surface area contributed by atoms with Gasteiger partial charge >= 0.3 is 0 Å². The molecule has 0 saturated heterocycles. The summed E-state index contributed by atoms with van der Waals surface area (Å²) in [6, 6.07) is 9.70. The van der Waals surface area contributed by atoms with E-state index in [1.54, 1.807) is 24.3 Å². The molecule has 3 N–H and O–H groups in total. The predicted molar refractivity (Wildman–Crippen MR) is 103 cm³/mol. The molecule has 7 nitrogen and oxygen atoms in total. The number of carbonyl (C=O) groups excluding carboxylic acids is 2. The van der Waals surface area contributed by atoms with Gasteiger partial charge in [0.25, 0.3) is 17.6 Å². The molecule has 28 heavy (non-hydrogen) atoms. The van der Waals surface area contributed by atoms with Gasteiger partial charge in [0.05, 0.1) is 5.56 Å². The van der Waals surface area contributed by atoms with E-state index in [1.807, 2.05) is 0 Å². The van der Waals surface area contributed by atoms with Gasteiger partial charge in [-0.3, -0.25) is 9.59 Å². The molecule has 0 bridgehead atoms. The van der Waals surface area contributed by atoms with E-state index >= 15 is 0 Å². The molecule has 2 aromatic rings.